The number of aliphatic hydroxyl groups is 1. The third-order valence-electron chi connectivity index (χ3n) is 2.75. The van der Waals surface area contributed by atoms with E-state index >= 15 is 0 Å². The van der Waals surface area contributed by atoms with E-state index in [0.717, 1.165) is 16.6 Å². The Balaban J connectivity index is 2.14. The van der Waals surface area contributed by atoms with E-state index < -0.39 is 0 Å². The molecule has 0 aliphatic heterocycles. The molecule has 0 amide bonds. The predicted octanol–water partition coefficient (Wildman–Crippen LogP) is 0.792. The summed E-state index contributed by atoms with van der Waals surface area (Å²) in [7, 11) is 1.85. The van der Waals surface area contributed by atoms with Gasteiger partial charge in [0.25, 0.3) is 0 Å². The third-order valence-corrected chi connectivity index (χ3v) is 4.07. The minimum Gasteiger partial charge on any atom is -0.394 e. The number of pyridine rings is 1. The molecule has 0 saturated carbocycles. The summed E-state index contributed by atoms with van der Waals surface area (Å²) < 4.78 is 1.94. The summed E-state index contributed by atoms with van der Waals surface area (Å²) in [4.78, 5) is 0. The number of hydrogen-bond donors (Lipinski definition) is 2. The lowest BCUT2D eigenvalue weighted by Gasteiger charge is -2.25. The first-order valence-corrected chi connectivity index (χ1v) is 6.39. The first-order chi connectivity index (χ1) is 8.18. The normalized spacial score (nSPS) is 15.0. The van der Waals surface area contributed by atoms with Crippen LogP contribution in [0, 0.1) is 0 Å². The topological polar surface area (TPSA) is 62.5 Å². The number of nitrogens with one attached hydrogen (secondary N) is 1. The van der Waals surface area contributed by atoms with E-state index in [1.165, 1.54) is 0 Å². The zero-order valence-electron chi connectivity index (χ0n) is 9.92. The molecule has 0 saturated heterocycles. The van der Waals surface area contributed by atoms with Gasteiger partial charge in [0, 0.05) is 17.5 Å². The summed E-state index contributed by atoms with van der Waals surface area (Å²) in [6, 6.07) is 5.80. The van der Waals surface area contributed by atoms with Gasteiger partial charge in [-0.15, -0.1) is 10.2 Å². The second-order valence-corrected chi connectivity index (χ2v) is 5.11. The second kappa shape index (κ2) is 5.03. The summed E-state index contributed by atoms with van der Waals surface area (Å²) in [6.45, 7) is 2.07. The van der Waals surface area contributed by atoms with Crippen molar-refractivity contribution in [1.29, 1.82) is 0 Å². The monoisotopic (exact) mass is 252 g/mol. The molecule has 2 N–H and O–H groups in total. The quantitative estimate of drug-likeness (QED) is 0.770. The Morgan fingerprint density at radius 1 is 1.47 bits per heavy atom. The van der Waals surface area contributed by atoms with Crippen LogP contribution in [0.1, 0.15) is 6.92 Å². The van der Waals surface area contributed by atoms with Crippen molar-refractivity contribution in [2.75, 3.05) is 19.4 Å². The van der Waals surface area contributed by atoms with Crippen LogP contribution >= 0.6 is 11.8 Å². The number of aromatic nitrogens is 3. The molecule has 0 aromatic carbocycles. The van der Waals surface area contributed by atoms with Gasteiger partial charge in [-0.25, -0.2) is 0 Å². The van der Waals surface area contributed by atoms with Gasteiger partial charge in [-0.05, 0) is 26.1 Å². The number of thioether (sulfide) groups is 1. The van der Waals surface area contributed by atoms with Gasteiger partial charge in [-0.3, -0.25) is 4.40 Å². The molecule has 0 bridgehead atoms. The zero-order chi connectivity index (χ0) is 12.3. The minimum atomic E-state index is -0.300. The highest BCUT2D eigenvalue weighted by atomic mass is 32.2. The summed E-state index contributed by atoms with van der Waals surface area (Å²) in [5.41, 5.74) is 0.538. The Morgan fingerprint density at radius 2 is 2.29 bits per heavy atom. The molecule has 1 unspecified atom stereocenters. The third kappa shape index (κ3) is 2.59. The van der Waals surface area contributed by atoms with Crippen LogP contribution in [0.15, 0.2) is 29.6 Å². The fourth-order valence-corrected chi connectivity index (χ4v) is 2.41. The standard InChI is InChI=1S/C11H16N4OS/c1-11(7-16,12-2)8-17-10-14-13-9-5-3-4-6-15(9)10/h3-6,12,16H,7-8H2,1-2H3. The van der Waals surface area contributed by atoms with Gasteiger partial charge in [0.05, 0.1) is 6.61 Å². The summed E-state index contributed by atoms with van der Waals surface area (Å²) in [5.74, 6) is 0.732. The van der Waals surface area contributed by atoms with Crippen molar-refractivity contribution in [2.45, 2.75) is 17.6 Å². The zero-order valence-corrected chi connectivity index (χ0v) is 10.7. The molecule has 2 aromatic rings. The molecular weight excluding hydrogens is 236 g/mol. The molecule has 0 aliphatic rings. The largest absolute Gasteiger partial charge is 0.394 e. The molecule has 0 spiro atoms. The van der Waals surface area contributed by atoms with Crippen molar-refractivity contribution in [3.05, 3.63) is 24.4 Å². The first kappa shape index (κ1) is 12.3. The Labute approximate surface area is 104 Å². The molecule has 2 aromatic heterocycles. The van der Waals surface area contributed by atoms with Crippen molar-refractivity contribution in [3.8, 4) is 0 Å². The van der Waals surface area contributed by atoms with E-state index in [0.29, 0.717) is 0 Å². The molecule has 1 atom stereocenters. The van der Waals surface area contributed by atoms with E-state index in [2.05, 4.69) is 15.5 Å². The van der Waals surface area contributed by atoms with E-state index in [1.54, 1.807) is 11.8 Å². The number of hydrogen-bond acceptors (Lipinski definition) is 5. The van der Waals surface area contributed by atoms with Gasteiger partial charge >= 0.3 is 0 Å². The van der Waals surface area contributed by atoms with E-state index in [4.69, 9.17) is 0 Å². The molecule has 17 heavy (non-hydrogen) atoms. The highest BCUT2D eigenvalue weighted by Crippen LogP contribution is 2.21. The predicted molar refractivity (Wildman–Crippen MR) is 68.3 cm³/mol. The van der Waals surface area contributed by atoms with Crippen LogP contribution in [0.3, 0.4) is 0 Å². The Kier molecular flexibility index (Phi) is 3.66. The second-order valence-electron chi connectivity index (χ2n) is 4.17. The fourth-order valence-electron chi connectivity index (χ4n) is 1.34. The van der Waals surface area contributed by atoms with Crippen LogP contribution in [-0.2, 0) is 0 Å². The summed E-state index contributed by atoms with van der Waals surface area (Å²) in [6.07, 6.45) is 1.94. The van der Waals surface area contributed by atoms with Gasteiger partial charge in [0.2, 0.25) is 0 Å². The number of nitrogens with zero attached hydrogens (tertiary/aromatic N) is 3. The molecule has 2 heterocycles. The van der Waals surface area contributed by atoms with E-state index in [9.17, 15) is 5.11 Å². The number of likely N-dealkylation sites (N-methyl/N-ethyl adjacent to an activating group) is 1. The van der Waals surface area contributed by atoms with Gasteiger partial charge in [-0.1, -0.05) is 17.8 Å². The number of aliphatic hydroxyl groups excluding tert-OH is 1. The summed E-state index contributed by atoms with van der Waals surface area (Å²) >= 11 is 1.58. The molecule has 2 rings (SSSR count). The lowest BCUT2D eigenvalue weighted by molar-refractivity contribution is 0.200. The van der Waals surface area contributed by atoms with Crippen LogP contribution < -0.4 is 5.32 Å². The van der Waals surface area contributed by atoms with Crippen molar-refractivity contribution < 1.29 is 5.11 Å². The lowest BCUT2D eigenvalue weighted by atomic mass is 10.1. The number of rotatable bonds is 5. The maximum absolute atomic E-state index is 9.31. The van der Waals surface area contributed by atoms with Gasteiger partial charge < -0.3 is 10.4 Å². The SMILES string of the molecule is CNC(C)(CO)CSc1nnc2ccccn12. The van der Waals surface area contributed by atoms with Gasteiger partial charge in [0.15, 0.2) is 10.8 Å². The molecule has 5 nitrogen and oxygen atoms in total. The van der Waals surface area contributed by atoms with Crippen molar-refractivity contribution in [1.82, 2.24) is 19.9 Å². The molecule has 6 heteroatoms. The summed E-state index contributed by atoms with van der Waals surface area (Å²) in [5, 5.41) is 21.5. The fraction of sp³-hybridized carbons (Fsp3) is 0.455. The molecule has 0 aliphatic carbocycles. The average Bonchev–Trinajstić information content (AvgIpc) is 2.79. The maximum Gasteiger partial charge on any atom is 0.195 e. The lowest BCUT2D eigenvalue weighted by Crippen LogP contribution is -2.45. The maximum atomic E-state index is 9.31. The highest BCUT2D eigenvalue weighted by molar-refractivity contribution is 7.99. The molecule has 92 valence electrons. The Hall–Kier alpha value is -1.11. The van der Waals surface area contributed by atoms with E-state index in [-0.39, 0.29) is 12.1 Å². The van der Waals surface area contributed by atoms with Gasteiger partial charge in [0.1, 0.15) is 0 Å². The average molecular weight is 252 g/mol. The highest BCUT2D eigenvalue weighted by Gasteiger charge is 2.22. The minimum absolute atomic E-state index is 0.0905. The smallest absolute Gasteiger partial charge is 0.195 e. The first-order valence-electron chi connectivity index (χ1n) is 5.41. The van der Waals surface area contributed by atoms with E-state index in [1.807, 2.05) is 42.8 Å². The van der Waals surface area contributed by atoms with Crippen LogP contribution in [0.2, 0.25) is 0 Å². The van der Waals surface area contributed by atoms with Crippen molar-refractivity contribution >= 4 is 17.4 Å². The van der Waals surface area contributed by atoms with Gasteiger partial charge in [-0.2, -0.15) is 0 Å². The molecular formula is C11H16N4OS. The van der Waals surface area contributed by atoms with Crippen LogP contribution in [0.4, 0.5) is 0 Å². The van der Waals surface area contributed by atoms with Crippen LogP contribution in [0.25, 0.3) is 5.65 Å². The van der Waals surface area contributed by atoms with Crippen molar-refractivity contribution in [2.24, 2.45) is 0 Å². The molecule has 0 radical (unpaired) electrons. The van der Waals surface area contributed by atoms with Crippen molar-refractivity contribution in [3.63, 3.8) is 0 Å². The Bertz CT molecular complexity index is 495. The van der Waals surface area contributed by atoms with Crippen LogP contribution in [-0.4, -0.2) is 44.7 Å². The molecule has 0 fully saturated rings. The van der Waals surface area contributed by atoms with Crippen LogP contribution in [0.5, 0.6) is 0 Å². The number of fused-ring (bicyclic) bond motifs is 1. The Morgan fingerprint density at radius 3 is 3.00 bits per heavy atom.